The standard InChI is InChI=1S/C31H55N3O6.HI/c1-5-6-7-8-9-10-11-12-13-14-15-16-17-19-29(36)39-21-18-20-34(3,4)24-27-26(35)22-28(40-27)33-23-25(2)30(37)32-31(33)38;/h23,26-28,35H,5-22,24H2,1-4H3;1H/t26-,27+,28+;/m0./s1. The molecule has 3 atom stereocenters. The van der Waals surface area contributed by atoms with Gasteiger partial charge < -0.3 is 43.0 Å². The van der Waals surface area contributed by atoms with Crippen molar-refractivity contribution in [3.63, 3.8) is 0 Å². The molecule has 1 aliphatic heterocycles. The van der Waals surface area contributed by atoms with Gasteiger partial charge in [0.2, 0.25) is 0 Å². The number of carbonyl (C=O) groups is 1. The first kappa shape index (κ1) is 37.8. The molecule has 0 radical (unpaired) electrons. The number of quaternary nitrogens is 1. The number of aliphatic hydroxyl groups is 1. The maximum Gasteiger partial charge on any atom is 0.330 e. The van der Waals surface area contributed by atoms with Crippen LogP contribution in [0.2, 0.25) is 0 Å². The van der Waals surface area contributed by atoms with Crippen LogP contribution in [0.1, 0.15) is 121 Å². The van der Waals surface area contributed by atoms with Gasteiger partial charge in [0.1, 0.15) is 18.9 Å². The van der Waals surface area contributed by atoms with E-state index in [1.165, 1.54) is 81.4 Å². The van der Waals surface area contributed by atoms with E-state index in [9.17, 15) is 19.5 Å². The molecule has 1 aromatic heterocycles. The van der Waals surface area contributed by atoms with Crippen LogP contribution in [0.15, 0.2) is 15.8 Å². The van der Waals surface area contributed by atoms with Crippen molar-refractivity contribution in [2.45, 2.75) is 135 Å². The number of hydrogen-bond donors (Lipinski definition) is 2. The van der Waals surface area contributed by atoms with Gasteiger partial charge in [-0.3, -0.25) is 19.1 Å². The molecule has 41 heavy (non-hydrogen) atoms. The molecule has 0 amide bonds. The Labute approximate surface area is 264 Å². The number of carbonyl (C=O) groups excluding carboxylic acids is 1. The van der Waals surface area contributed by atoms with Gasteiger partial charge >= 0.3 is 11.7 Å². The van der Waals surface area contributed by atoms with Crippen molar-refractivity contribution in [3.05, 3.63) is 32.6 Å². The van der Waals surface area contributed by atoms with E-state index in [1.54, 1.807) is 6.92 Å². The van der Waals surface area contributed by atoms with Crippen LogP contribution in [-0.2, 0) is 14.3 Å². The van der Waals surface area contributed by atoms with Crippen molar-refractivity contribution < 1.29 is 47.8 Å². The summed E-state index contributed by atoms with van der Waals surface area (Å²) in [5, 5.41) is 10.6. The Morgan fingerprint density at radius 3 is 2.15 bits per heavy atom. The van der Waals surface area contributed by atoms with Crippen LogP contribution in [0, 0.1) is 6.92 Å². The van der Waals surface area contributed by atoms with E-state index in [-0.39, 0.29) is 36.4 Å². The largest absolute Gasteiger partial charge is 1.00 e. The average molecular weight is 694 g/mol. The lowest BCUT2D eigenvalue weighted by molar-refractivity contribution is -0.893. The molecule has 238 valence electrons. The average Bonchev–Trinajstić information content (AvgIpc) is 3.25. The number of esters is 1. The molecule has 1 fully saturated rings. The van der Waals surface area contributed by atoms with Gasteiger partial charge in [0.25, 0.3) is 5.56 Å². The van der Waals surface area contributed by atoms with E-state index < -0.39 is 29.7 Å². The van der Waals surface area contributed by atoms with E-state index in [0.717, 1.165) is 25.8 Å². The van der Waals surface area contributed by atoms with Crippen LogP contribution in [0.4, 0.5) is 0 Å². The number of nitrogens with one attached hydrogen (secondary N) is 1. The predicted octanol–water partition coefficient (Wildman–Crippen LogP) is 1.99. The molecule has 10 heteroatoms. The van der Waals surface area contributed by atoms with Gasteiger partial charge in [0, 0.05) is 31.0 Å². The summed E-state index contributed by atoms with van der Waals surface area (Å²) < 4.78 is 13.4. The number of aliphatic hydroxyl groups excluding tert-OH is 1. The smallest absolute Gasteiger partial charge is 0.330 e. The lowest BCUT2D eigenvalue weighted by Crippen LogP contribution is -3.00. The van der Waals surface area contributed by atoms with Gasteiger partial charge in [-0.05, 0) is 13.3 Å². The summed E-state index contributed by atoms with van der Waals surface area (Å²) in [6, 6.07) is 0. The van der Waals surface area contributed by atoms with Crippen molar-refractivity contribution >= 4 is 5.97 Å². The van der Waals surface area contributed by atoms with E-state index in [0.29, 0.717) is 29.6 Å². The van der Waals surface area contributed by atoms with Crippen molar-refractivity contribution in [1.82, 2.24) is 9.55 Å². The second-order valence-electron chi connectivity index (χ2n) is 12.3. The second kappa shape index (κ2) is 20.6. The molecule has 2 N–H and O–H groups in total. The lowest BCUT2D eigenvalue weighted by atomic mass is 10.0. The fourth-order valence-electron chi connectivity index (χ4n) is 5.47. The Bertz CT molecular complexity index is 979. The highest BCUT2D eigenvalue weighted by Crippen LogP contribution is 2.29. The number of aromatic nitrogens is 2. The zero-order valence-electron chi connectivity index (χ0n) is 26.0. The Hall–Kier alpha value is -1.24. The van der Waals surface area contributed by atoms with Gasteiger partial charge in [-0.1, -0.05) is 84.0 Å². The van der Waals surface area contributed by atoms with Crippen molar-refractivity contribution in [2.24, 2.45) is 0 Å². The summed E-state index contributed by atoms with van der Waals surface area (Å²) in [4.78, 5) is 38.2. The fraction of sp³-hybridized carbons (Fsp3) is 0.839. The molecule has 2 heterocycles. The van der Waals surface area contributed by atoms with Crippen molar-refractivity contribution in [1.29, 1.82) is 0 Å². The summed E-state index contributed by atoms with van der Waals surface area (Å²) in [6.07, 6.45) is 17.9. The number of rotatable bonds is 21. The number of ether oxygens (including phenoxy) is 2. The quantitative estimate of drug-likeness (QED) is 0.0883. The maximum atomic E-state index is 12.2. The number of likely N-dealkylation sites (N-methyl/N-ethyl adjacent to an activating group) is 1. The molecule has 1 aliphatic rings. The highest BCUT2D eigenvalue weighted by atomic mass is 127. The number of aryl methyl sites for hydroxylation is 1. The van der Waals surface area contributed by atoms with E-state index in [4.69, 9.17) is 9.47 Å². The van der Waals surface area contributed by atoms with Gasteiger partial charge in [-0.25, -0.2) is 4.79 Å². The summed E-state index contributed by atoms with van der Waals surface area (Å²) >= 11 is 0. The molecule has 0 unspecified atom stereocenters. The number of halogens is 1. The first-order chi connectivity index (χ1) is 19.1. The van der Waals surface area contributed by atoms with Crippen LogP contribution in [0.5, 0.6) is 0 Å². The predicted molar refractivity (Wildman–Crippen MR) is 158 cm³/mol. The molecular formula is C31H56IN3O6. The molecule has 9 nitrogen and oxygen atoms in total. The van der Waals surface area contributed by atoms with Crippen LogP contribution in [0.3, 0.4) is 0 Å². The number of nitrogens with zero attached hydrogens (tertiary/aromatic N) is 2. The van der Waals surface area contributed by atoms with Crippen molar-refractivity contribution in [3.8, 4) is 0 Å². The summed E-state index contributed by atoms with van der Waals surface area (Å²) in [5.74, 6) is -0.118. The highest BCUT2D eigenvalue weighted by Gasteiger charge is 2.39. The maximum absolute atomic E-state index is 12.2. The molecule has 0 bridgehead atoms. The van der Waals surface area contributed by atoms with E-state index >= 15 is 0 Å². The third kappa shape index (κ3) is 15.2. The monoisotopic (exact) mass is 693 g/mol. The number of unbranched alkanes of at least 4 members (excludes halogenated alkanes) is 12. The van der Waals surface area contributed by atoms with E-state index in [2.05, 4.69) is 26.0 Å². The lowest BCUT2D eigenvalue weighted by Gasteiger charge is -2.33. The number of hydrogen-bond acceptors (Lipinski definition) is 6. The second-order valence-corrected chi connectivity index (χ2v) is 12.3. The van der Waals surface area contributed by atoms with Gasteiger partial charge in [0.15, 0.2) is 0 Å². The Kier molecular flexibility index (Phi) is 19.0. The normalized spacial score (nSPS) is 18.8. The van der Waals surface area contributed by atoms with Crippen LogP contribution in [-0.4, -0.2) is 71.1 Å². The minimum absolute atomic E-state index is 0. The van der Waals surface area contributed by atoms with Crippen LogP contribution >= 0.6 is 0 Å². The minimum Gasteiger partial charge on any atom is -1.00 e. The molecule has 0 aliphatic carbocycles. The first-order valence-electron chi connectivity index (χ1n) is 15.8. The SMILES string of the molecule is CCCCCCCCCCCCCCCC(=O)OCCC[N+](C)(C)C[C@H]1O[C@@H](n2cc(C)c(=O)[nH]c2=O)C[C@@H]1O.[I-]. The number of aromatic amines is 1. The molecule has 0 saturated carbocycles. The topological polar surface area (TPSA) is 111 Å². The minimum atomic E-state index is -0.709. The zero-order valence-corrected chi connectivity index (χ0v) is 28.2. The Morgan fingerprint density at radius 1 is 1.00 bits per heavy atom. The third-order valence-electron chi connectivity index (χ3n) is 7.99. The third-order valence-corrected chi connectivity index (χ3v) is 7.99. The van der Waals surface area contributed by atoms with Gasteiger partial charge in [0.05, 0.1) is 33.4 Å². The van der Waals surface area contributed by atoms with Crippen LogP contribution < -0.4 is 35.2 Å². The molecule has 1 aromatic rings. The first-order valence-corrected chi connectivity index (χ1v) is 15.8. The molecule has 2 rings (SSSR count). The Morgan fingerprint density at radius 2 is 1.56 bits per heavy atom. The zero-order chi connectivity index (χ0) is 29.4. The Balaban J connectivity index is 0.00000840. The summed E-state index contributed by atoms with van der Waals surface area (Å²) in [6.45, 7) is 5.60. The molecular weight excluding hydrogens is 637 g/mol. The van der Waals surface area contributed by atoms with Crippen LogP contribution in [0.25, 0.3) is 0 Å². The number of H-pyrrole nitrogens is 1. The fourth-order valence-corrected chi connectivity index (χ4v) is 5.47. The van der Waals surface area contributed by atoms with Crippen molar-refractivity contribution in [2.75, 3.05) is 33.8 Å². The molecule has 0 spiro atoms. The molecule has 1 saturated heterocycles. The summed E-state index contributed by atoms with van der Waals surface area (Å²) in [7, 11) is 4.10. The van der Waals surface area contributed by atoms with E-state index in [1.807, 2.05) is 0 Å². The highest BCUT2D eigenvalue weighted by molar-refractivity contribution is 5.69. The van der Waals surface area contributed by atoms with Gasteiger partial charge in [-0.15, -0.1) is 0 Å². The summed E-state index contributed by atoms with van der Waals surface area (Å²) in [5.41, 5.74) is -0.539. The van der Waals surface area contributed by atoms with Gasteiger partial charge in [-0.2, -0.15) is 0 Å². The molecule has 0 aromatic carbocycles.